The van der Waals surface area contributed by atoms with Gasteiger partial charge in [-0.25, -0.2) is 4.68 Å². The maximum absolute atomic E-state index is 15.4. The minimum atomic E-state index is -0.867. The van der Waals surface area contributed by atoms with Crippen LogP contribution in [0.25, 0.3) is 10.8 Å². The van der Waals surface area contributed by atoms with Crippen LogP contribution in [0.4, 0.5) is 15.8 Å². The van der Waals surface area contributed by atoms with E-state index >= 15 is 4.39 Å². The van der Waals surface area contributed by atoms with Crippen molar-refractivity contribution < 1.29 is 18.7 Å². The van der Waals surface area contributed by atoms with Crippen LogP contribution in [-0.4, -0.2) is 84.5 Å². The molecule has 8 rings (SSSR count). The van der Waals surface area contributed by atoms with Crippen molar-refractivity contribution >= 4 is 45.6 Å². The van der Waals surface area contributed by atoms with Crippen molar-refractivity contribution in [1.82, 2.24) is 25.3 Å². The van der Waals surface area contributed by atoms with Gasteiger partial charge in [0.2, 0.25) is 11.9 Å². The maximum Gasteiger partial charge on any atom is 0.275 e. The Kier molecular flexibility index (Phi) is 11.1. The summed E-state index contributed by atoms with van der Waals surface area (Å²) in [5, 5.41) is 19.8. The second-order valence-electron chi connectivity index (χ2n) is 18.0. The van der Waals surface area contributed by atoms with Gasteiger partial charge in [-0.05, 0) is 86.2 Å². The highest BCUT2D eigenvalue weighted by Gasteiger charge is 2.64. The minimum absolute atomic E-state index is 0.112. The molecule has 60 heavy (non-hydrogen) atoms. The van der Waals surface area contributed by atoms with Crippen LogP contribution in [0.3, 0.4) is 0 Å². The Morgan fingerprint density at radius 3 is 2.25 bits per heavy atom. The molecule has 0 bridgehead atoms. The van der Waals surface area contributed by atoms with Crippen molar-refractivity contribution in [2.24, 2.45) is 16.7 Å². The lowest BCUT2D eigenvalue weighted by molar-refractivity contribution is -0.164. The molecule has 1 atom stereocenters. The molecule has 1 aromatic heterocycles. The van der Waals surface area contributed by atoms with Gasteiger partial charge in [-0.15, -0.1) is 5.10 Å². The Morgan fingerprint density at radius 1 is 0.933 bits per heavy atom. The molecule has 4 fully saturated rings. The van der Waals surface area contributed by atoms with E-state index in [1.54, 1.807) is 30.3 Å². The molecule has 14 heteroatoms. The number of fused-ring (bicyclic) bond motifs is 1. The zero-order valence-corrected chi connectivity index (χ0v) is 35.4. The molecule has 3 aliphatic heterocycles. The standard InChI is InChI=1S/C46H52ClFN8O4/c1-28-6-15-38(41(58)50-28)56-42(59)35-14-12-33(24-36(35)39(48)52-56)55-22-20-53(21-23-55)27-29-16-18-54(19-17-29)32-10-7-30(8-11-32)40(57)51-43-45(2,3)44(46(43,4)5)60-34-13-9-31(26-49)37(47)25-34/h7-14,24-25,29,38,43-44H,1,6,15-23,27H2,2-5H3,(H,50,58)(H,51,57)/t38?,43-,44-. The molecular formula is C46H52ClFN8O4. The number of allylic oxidation sites excluding steroid dienone is 1. The summed E-state index contributed by atoms with van der Waals surface area (Å²) in [7, 11) is 0. The van der Waals surface area contributed by atoms with Crippen molar-refractivity contribution in [3.63, 3.8) is 0 Å². The number of hydrogen-bond acceptors (Lipinski definition) is 9. The molecule has 4 heterocycles. The number of nitrogens with one attached hydrogen (secondary N) is 2. The summed E-state index contributed by atoms with van der Waals surface area (Å²) in [5.41, 5.74) is 2.39. The highest BCUT2D eigenvalue weighted by atomic mass is 35.5. The number of nitriles is 1. The SMILES string of the molecule is C=C1CCC(n2nc(F)c3cc(N4CCN(CC5CCN(c6ccc(C(=O)N[C@H]7C(C)(C)[C@H](Oc8ccc(C#N)c(Cl)c8)C7(C)C)cc6)CC5)CC4)ccc3c2=O)C(=O)N1. The van der Waals surface area contributed by atoms with E-state index in [1.807, 2.05) is 30.3 Å². The normalized spacial score (nSPS) is 23.1. The van der Waals surface area contributed by atoms with E-state index in [0.717, 1.165) is 74.7 Å². The molecule has 3 aromatic carbocycles. The summed E-state index contributed by atoms with van der Waals surface area (Å²) >= 11 is 6.26. The number of aromatic nitrogens is 2. The number of piperazine rings is 1. The predicted octanol–water partition coefficient (Wildman–Crippen LogP) is 6.68. The number of amides is 2. The van der Waals surface area contributed by atoms with Gasteiger partial charge in [0, 0.05) is 96.8 Å². The fourth-order valence-corrected chi connectivity index (χ4v) is 10.4. The molecule has 4 aromatic rings. The van der Waals surface area contributed by atoms with E-state index in [9.17, 15) is 19.6 Å². The first-order valence-corrected chi connectivity index (χ1v) is 21.2. The molecule has 3 saturated heterocycles. The minimum Gasteiger partial charge on any atom is -0.489 e. The summed E-state index contributed by atoms with van der Waals surface area (Å²) in [5.74, 6) is -0.0910. The number of carbonyl (C=O) groups is 2. The third-order valence-corrected chi connectivity index (χ3v) is 13.6. The molecule has 12 nitrogen and oxygen atoms in total. The molecule has 0 radical (unpaired) electrons. The van der Waals surface area contributed by atoms with Crippen LogP contribution in [0.1, 0.15) is 75.3 Å². The second kappa shape index (κ2) is 16.2. The molecular weight excluding hydrogens is 783 g/mol. The van der Waals surface area contributed by atoms with Crippen molar-refractivity contribution in [2.75, 3.05) is 55.6 Å². The van der Waals surface area contributed by atoms with Gasteiger partial charge < -0.3 is 25.2 Å². The van der Waals surface area contributed by atoms with Gasteiger partial charge in [0.1, 0.15) is 24.0 Å². The molecule has 0 spiro atoms. The Morgan fingerprint density at radius 2 is 1.60 bits per heavy atom. The summed E-state index contributed by atoms with van der Waals surface area (Å²) in [6, 6.07) is 19.3. The number of carbonyl (C=O) groups excluding carboxylic acids is 2. The Balaban J connectivity index is 0.801. The lowest BCUT2D eigenvalue weighted by Crippen LogP contribution is -2.74. The lowest BCUT2D eigenvalue weighted by atomic mass is 9.49. The van der Waals surface area contributed by atoms with Gasteiger partial charge in [-0.1, -0.05) is 45.9 Å². The number of anilines is 2. The van der Waals surface area contributed by atoms with Crippen LogP contribution in [-0.2, 0) is 4.79 Å². The van der Waals surface area contributed by atoms with E-state index < -0.39 is 23.5 Å². The van der Waals surface area contributed by atoms with Crippen LogP contribution in [0.5, 0.6) is 5.75 Å². The molecule has 2 N–H and O–H groups in total. The Hall–Kier alpha value is -5.45. The van der Waals surface area contributed by atoms with Gasteiger partial charge in [0.25, 0.3) is 11.5 Å². The van der Waals surface area contributed by atoms with E-state index in [0.29, 0.717) is 46.4 Å². The zero-order chi connectivity index (χ0) is 42.5. The van der Waals surface area contributed by atoms with Crippen molar-refractivity contribution in [1.29, 1.82) is 5.26 Å². The maximum atomic E-state index is 15.4. The van der Waals surface area contributed by atoms with E-state index in [4.69, 9.17) is 16.3 Å². The number of halogens is 2. The Bertz CT molecular complexity index is 2410. The topological polar surface area (TPSA) is 136 Å². The van der Waals surface area contributed by atoms with Crippen LogP contribution < -0.4 is 30.7 Å². The number of rotatable bonds is 9. The van der Waals surface area contributed by atoms with Crippen molar-refractivity contribution in [3.05, 3.63) is 105 Å². The molecule has 1 aliphatic carbocycles. The van der Waals surface area contributed by atoms with E-state index in [-0.39, 0.29) is 39.7 Å². The number of nitrogens with zero attached hydrogens (tertiary/aromatic N) is 6. The number of ether oxygens (including phenoxy) is 1. The first-order chi connectivity index (χ1) is 28.6. The number of piperidine rings is 2. The highest BCUT2D eigenvalue weighted by molar-refractivity contribution is 6.31. The fraction of sp³-hybridized carbons (Fsp3) is 0.457. The van der Waals surface area contributed by atoms with Crippen molar-refractivity contribution in [3.8, 4) is 11.8 Å². The quantitative estimate of drug-likeness (QED) is 0.190. The smallest absolute Gasteiger partial charge is 0.275 e. The monoisotopic (exact) mass is 834 g/mol. The summed E-state index contributed by atoms with van der Waals surface area (Å²) in [6.45, 7) is 18.5. The predicted molar refractivity (Wildman–Crippen MR) is 231 cm³/mol. The summed E-state index contributed by atoms with van der Waals surface area (Å²) in [4.78, 5) is 46.5. The molecule has 1 saturated carbocycles. The first-order valence-electron chi connectivity index (χ1n) is 20.8. The van der Waals surface area contributed by atoms with Gasteiger partial charge in [-0.3, -0.25) is 19.3 Å². The molecule has 1 unspecified atom stereocenters. The van der Waals surface area contributed by atoms with Gasteiger partial charge in [-0.2, -0.15) is 9.65 Å². The zero-order valence-electron chi connectivity index (χ0n) is 34.6. The van der Waals surface area contributed by atoms with Crippen molar-refractivity contribution in [2.45, 2.75) is 71.6 Å². The first kappa shape index (κ1) is 41.3. The molecule has 4 aliphatic rings. The number of benzene rings is 3. The van der Waals surface area contributed by atoms with E-state index in [1.165, 1.54) is 0 Å². The van der Waals surface area contributed by atoms with Crippen LogP contribution in [0.2, 0.25) is 5.02 Å². The van der Waals surface area contributed by atoms with Gasteiger partial charge >= 0.3 is 0 Å². The summed E-state index contributed by atoms with van der Waals surface area (Å²) < 4.78 is 22.7. The fourth-order valence-electron chi connectivity index (χ4n) is 10.2. The average Bonchev–Trinajstić information content (AvgIpc) is 3.23. The third-order valence-electron chi connectivity index (χ3n) is 13.3. The van der Waals surface area contributed by atoms with Crippen LogP contribution in [0, 0.1) is 34.0 Å². The highest BCUT2D eigenvalue weighted by Crippen LogP contribution is 2.55. The summed E-state index contributed by atoms with van der Waals surface area (Å²) in [6.07, 6.45) is 2.83. The van der Waals surface area contributed by atoms with Gasteiger partial charge in [0.15, 0.2) is 0 Å². The average molecular weight is 835 g/mol. The Labute approximate surface area is 354 Å². The largest absolute Gasteiger partial charge is 0.489 e. The van der Waals surface area contributed by atoms with Crippen LogP contribution in [0.15, 0.2) is 77.7 Å². The second-order valence-corrected chi connectivity index (χ2v) is 18.4. The molecule has 2 amide bonds. The molecule has 314 valence electrons. The number of hydrogen-bond donors (Lipinski definition) is 2. The third kappa shape index (κ3) is 7.83. The lowest BCUT2D eigenvalue weighted by Gasteiger charge is -2.63. The van der Waals surface area contributed by atoms with Crippen LogP contribution >= 0.6 is 11.6 Å². The van der Waals surface area contributed by atoms with E-state index in [2.05, 4.69) is 70.8 Å². The van der Waals surface area contributed by atoms with Gasteiger partial charge in [0.05, 0.1) is 16.0 Å².